The zero-order chi connectivity index (χ0) is 17.5. The van der Waals surface area contributed by atoms with Crippen LogP contribution in [-0.4, -0.2) is 18.5 Å². The number of para-hydroxylation sites is 1. The van der Waals surface area contributed by atoms with Crippen molar-refractivity contribution in [2.75, 3.05) is 6.61 Å². The summed E-state index contributed by atoms with van der Waals surface area (Å²) in [5.41, 5.74) is 0. The third-order valence-electron chi connectivity index (χ3n) is 3.75. The van der Waals surface area contributed by atoms with E-state index in [4.69, 9.17) is 9.47 Å². The fourth-order valence-corrected chi connectivity index (χ4v) is 2.35. The molecule has 1 aromatic rings. The van der Waals surface area contributed by atoms with E-state index < -0.39 is 0 Å². The van der Waals surface area contributed by atoms with E-state index in [1.165, 1.54) is 25.7 Å². The van der Waals surface area contributed by atoms with Crippen LogP contribution in [0.5, 0.6) is 5.75 Å². The first kappa shape index (κ1) is 20.2. The van der Waals surface area contributed by atoms with Crippen molar-refractivity contribution >= 4 is 11.9 Å². The molecule has 0 atom stereocenters. The van der Waals surface area contributed by atoms with Crippen molar-refractivity contribution in [2.45, 2.75) is 71.1 Å². The molecular formula is C20H30O4. The normalized spacial score (nSPS) is 10.4. The third-order valence-corrected chi connectivity index (χ3v) is 3.75. The van der Waals surface area contributed by atoms with Crippen molar-refractivity contribution < 1.29 is 19.1 Å². The van der Waals surface area contributed by atoms with Gasteiger partial charge in [0.15, 0.2) is 0 Å². The molecule has 4 heteroatoms. The van der Waals surface area contributed by atoms with Crippen LogP contribution < -0.4 is 4.74 Å². The molecule has 1 aromatic carbocycles. The monoisotopic (exact) mass is 334 g/mol. The van der Waals surface area contributed by atoms with Crippen LogP contribution in [0, 0.1) is 0 Å². The van der Waals surface area contributed by atoms with Gasteiger partial charge in [-0.25, -0.2) is 0 Å². The summed E-state index contributed by atoms with van der Waals surface area (Å²) >= 11 is 0. The number of hydrogen-bond donors (Lipinski definition) is 0. The van der Waals surface area contributed by atoms with Gasteiger partial charge in [0, 0.05) is 12.8 Å². The lowest BCUT2D eigenvalue weighted by molar-refractivity contribution is -0.144. The van der Waals surface area contributed by atoms with Crippen molar-refractivity contribution in [3.63, 3.8) is 0 Å². The van der Waals surface area contributed by atoms with E-state index in [-0.39, 0.29) is 11.9 Å². The summed E-state index contributed by atoms with van der Waals surface area (Å²) in [4.78, 5) is 23.2. The predicted molar refractivity (Wildman–Crippen MR) is 94.9 cm³/mol. The molecular weight excluding hydrogens is 304 g/mol. The molecule has 0 unspecified atom stereocenters. The van der Waals surface area contributed by atoms with Crippen molar-refractivity contribution in [1.29, 1.82) is 0 Å². The quantitative estimate of drug-likeness (QED) is 0.287. The number of unbranched alkanes of at least 4 members (excludes halogenated alkanes) is 6. The van der Waals surface area contributed by atoms with Crippen molar-refractivity contribution in [3.8, 4) is 5.75 Å². The van der Waals surface area contributed by atoms with E-state index in [1.807, 2.05) is 18.2 Å². The molecule has 0 N–H and O–H groups in total. The van der Waals surface area contributed by atoms with Crippen LogP contribution in [0.25, 0.3) is 0 Å². The molecule has 0 radical (unpaired) electrons. The van der Waals surface area contributed by atoms with Crippen LogP contribution >= 0.6 is 0 Å². The first-order valence-corrected chi connectivity index (χ1v) is 9.13. The summed E-state index contributed by atoms with van der Waals surface area (Å²) in [6, 6.07) is 9.01. The van der Waals surface area contributed by atoms with Gasteiger partial charge in [0.1, 0.15) is 5.75 Å². The number of carbonyl (C=O) groups excluding carboxylic acids is 2. The SMILES string of the molecule is CCCCCCCCOC(=O)CCCCC(=O)Oc1ccccc1. The highest BCUT2D eigenvalue weighted by molar-refractivity contribution is 5.72. The summed E-state index contributed by atoms with van der Waals surface area (Å²) in [6.45, 7) is 2.71. The lowest BCUT2D eigenvalue weighted by Crippen LogP contribution is -2.09. The van der Waals surface area contributed by atoms with Gasteiger partial charge < -0.3 is 9.47 Å². The molecule has 0 amide bonds. The van der Waals surface area contributed by atoms with Crippen molar-refractivity contribution in [1.82, 2.24) is 0 Å². The van der Waals surface area contributed by atoms with Gasteiger partial charge in [0.25, 0.3) is 0 Å². The van der Waals surface area contributed by atoms with Crippen LogP contribution in [0.3, 0.4) is 0 Å². The second kappa shape index (κ2) is 13.6. The van der Waals surface area contributed by atoms with E-state index in [0.717, 1.165) is 12.8 Å². The largest absolute Gasteiger partial charge is 0.466 e. The average Bonchev–Trinajstić information content (AvgIpc) is 2.59. The van der Waals surface area contributed by atoms with E-state index in [2.05, 4.69) is 6.92 Å². The Balaban J connectivity index is 1.94. The third kappa shape index (κ3) is 10.8. The molecule has 0 aromatic heterocycles. The van der Waals surface area contributed by atoms with Gasteiger partial charge in [-0.3, -0.25) is 9.59 Å². The highest BCUT2D eigenvalue weighted by atomic mass is 16.5. The van der Waals surface area contributed by atoms with Gasteiger partial charge in [-0.1, -0.05) is 57.2 Å². The maximum atomic E-state index is 11.6. The molecule has 0 aliphatic heterocycles. The van der Waals surface area contributed by atoms with Gasteiger partial charge in [0.2, 0.25) is 0 Å². The zero-order valence-electron chi connectivity index (χ0n) is 14.8. The topological polar surface area (TPSA) is 52.6 Å². The van der Waals surface area contributed by atoms with Crippen LogP contribution in [0.4, 0.5) is 0 Å². The van der Waals surface area contributed by atoms with Crippen LogP contribution in [-0.2, 0) is 14.3 Å². The van der Waals surface area contributed by atoms with Gasteiger partial charge in [-0.15, -0.1) is 0 Å². The molecule has 0 aliphatic rings. The highest BCUT2D eigenvalue weighted by Crippen LogP contribution is 2.11. The molecule has 0 saturated carbocycles. The number of carbonyl (C=O) groups is 2. The molecule has 0 fully saturated rings. The Morgan fingerprint density at radius 2 is 1.42 bits per heavy atom. The molecule has 134 valence electrons. The molecule has 0 aliphatic carbocycles. The van der Waals surface area contributed by atoms with E-state index in [0.29, 0.717) is 38.0 Å². The lowest BCUT2D eigenvalue weighted by Gasteiger charge is -2.05. The maximum Gasteiger partial charge on any atom is 0.311 e. The Hall–Kier alpha value is -1.84. The summed E-state index contributed by atoms with van der Waals surface area (Å²) in [7, 11) is 0. The maximum absolute atomic E-state index is 11.6. The van der Waals surface area contributed by atoms with Crippen LogP contribution in [0.2, 0.25) is 0 Å². The minimum Gasteiger partial charge on any atom is -0.466 e. The number of hydrogen-bond acceptors (Lipinski definition) is 4. The number of ether oxygens (including phenoxy) is 2. The first-order valence-electron chi connectivity index (χ1n) is 9.13. The smallest absolute Gasteiger partial charge is 0.311 e. The summed E-state index contributed by atoms with van der Waals surface area (Å²) in [5, 5.41) is 0. The average molecular weight is 334 g/mol. The Kier molecular flexibility index (Phi) is 11.4. The van der Waals surface area contributed by atoms with E-state index >= 15 is 0 Å². The summed E-state index contributed by atoms with van der Waals surface area (Å²) in [6.07, 6.45) is 9.06. The van der Waals surface area contributed by atoms with Gasteiger partial charge >= 0.3 is 11.9 Å². The van der Waals surface area contributed by atoms with Crippen molar-refractivity contribution in [3.05, 3.63) is 30.3 Å². The van der Waals surface area contributed by atoms with Gasteiger partial charge in [-0.05, 0) is 31.4 Å². The summed E-state index contributed by atoms with van der Waals surface area (Å²) in [5.74, 6) is 0.127. The predicted octanol–water partition coefficient (Wildman–Crippen LogP) is 5.06. The van der Waals surface area contributed by atoms with Crippen LogP contribution in [0.15, 0.2) is 30.3 Å². The molecule has 0 heterocycles. The zero-order valence-corrected chi connectivity index (χ0v) is 14.8. The minimum absolute atomic E-state index is 0.167. The van der Waals surface area contributed by atoms with E-state index in [9.17, 15) is 9.59 Å². The first-order chi connectivity index (χ1) is 11.7. The molecule has 4 nitrogen and oxygen atoms in total. The fourth-order valence-electron chi connectivity index (χ4n) is 2.35. The summed E-state index contributed by atoms with van der Waals surface area (Å²) < 4.78 is 10.4. The highest BCUT2D eigenvalue weighted by Gasteiger charge is 2.07. The van der Waals surface area contributed by atoms with Gasteiger partial charge in [0.05, 0.1) is 6.61 Å². The Morgan fingerprint density at radius 3 is 2.12 bits per heavy atom. The molecule has 1 rings (SSSR count). The second-order valence-electron chi connectivity index (χ2n) is 5.98. The minimum atomic E-state index is -0.262. The Morgan fingerprint density at radius 1 is 0.792 bits per heavy atom. The molecule has 0 bridgehead atoms. The lowest BCUT2D eigenvalue weighted by atomic mass is 10.1. The van der Waals surface area contributed by atoms with Crippen LogP contribution in [0.1, 0.15) is 71.1 Å². The fraction of sp³-hybridized carbons (Fsp3) is 0.600. The van der Waals surface area contributed by atoms with Gasteiger partial charge in [-0.2, -0.15) is 0 Å². The Bertz CT molecular complexity index is 456. The molecule has 0 saturated heterocycles. The number of esters is 2. The molecule has 24 heavy (non-hydrogen) atoms. The molecule has 0 spiro atoms. The van der Waals surface area contributed by atoms with E-state index in [1.54, 1.807) is 12.1 Å². The number of rotatable bonds is 13. The van der Waals surface area contributed by atoms with Crippen molar-refractivity contribution in [2.24, 2.45) is 0 Å². The number of benzene rings is 1. The standard InChI is InChI=1S/C20H30O4/c1-2-3-4-5-6-12-17-23-19(21)15-10-11-16-20(22)24-18-13-8-7-9-14-18/h7-9,13-14H,2-6,10-12,15-17H2,1H3. The Labute approximate surface area is 145 Å². The second-order valence-corrected chi connectivity index (χ2v) is 5.98.